The summed E-state index contributed by atoms with van der Waals surface area (Å²) in [7, 11) is -3.49. The Hall–Kier alpha value is -0.750. The topological polar surface area (TPSA) is 213 Å². The van der Waals surface area contributed by atoms with Gasteiger partial charge in [0.15, 0.2) is 6.29 Å². The van der Waals surface area contributed by atoms with Crippen LogP contribution in [0.5, 0.6) is 0 Å². The predicted molar refractivity (Wildman–Crippen MR) is 172 cm³/mol. The number of aliphatic hydroxyl groups is 6. The maximum Gasteiger partial charge on any atom is 0.397 e. The first-order valence-electron chi connectivity index (χ1n) is 17.5. The highest BCUT2D eigenvalue weighted by molar-refractivity contribution is 7.80. The van der Waals surface area contributed by atoms with Crippen molar-refractivity contribution >= 4 is 10.4 Å². The minimum absolute atomic E-state index is 0.0766. The van der Waals surface area contributed by atoms with Crippen molar-refractivity contribution in [1.29, 1.82) is 0 Å². The largest absolute Gasteiger partial charge is 0.397 e. The van der Waals surface area contributed by atoms with E-state index in [9.17, 15) is 39.1 Å². The normalized spacial score (nSPS) is 49.0. The maximum atomic E-state index is 12.5. The van der Waals surface area contributed by atoms with Gasteiger partial charge < -0.3 is 44.8 Å². The van der Waals surface area contributed by atoms with Gasteiger partial charge in [-0.3, -0.25) is 4.55 Å². The second-order valence-electron chi connectivity index (χ2n) is 16.2. The average Bonchev–Trinajstić information content (AvgIpc) is 3.27. The average molecular weight is 707 g/mol. The molecule has 1 saturated heterocycles. The van der Waals surface area contributed by atoms with E-state index in [-0.39, 0.29) is 48.7 Å². The van der Waals surface area contributed by atoms with Crippen molar-refractivity contribution in [3.05, 3.63) is 12.2 Å². The van der Waals surface area contributed by atoms with Crippen molar-refractivity contribution in [2.75, 3.05) is 20.3 Å². The Balaban J connectivity index is 1.18. The molecule has 7 N–H and O–H groups in total. The number of hydrogen-bond donors (Lipinski definition) is 7. The van der Waals surface area contributed by atoms with Crippen LogP contribution in [0.2, 0.25) is 0 Å². The van der Waals surface area contributed by atoms with Gasteiger partial charge in [0.1, 0.15) is 18.3 Å². The lowest BCUT2D eigenvalue weighted by Crippen LogP contribution is -2.70. The van der Waals surface area contributed by atoms with Gasteiger partial charge in [-0.2, -0.15) is 8.42 Å². The number of hydrogen-bond acceptors (Lipinski definition) is 12. The molecule has 5 fully saturated rings. The highest BCUT2D eigenvalue weighted by atomic mass is 32.3. The van der Waals surface area contributed by atoms with Crippen LogP contribution >= 0.6 is 0 Å². The predicted octanol–water partition coefficient (Wildman–Crippen LogP) is 1.58. The van der Waals surface area contributed by atoms with E-state index >= 15 is 0 Å². The minimum atomic E-state index is -4.77. The lowest BCUT2D eigenvalue weighted by atomic mass is 9.41. The van der Waals surface area contributed by atoms with E-state index in [2.05, 4.69) is 24.6 Å². The molecule has 5 aliphatic rings. The summed E-state index contributed by atoms with van der Waals surface area (Å²) in [4.78, 5) is 0. The first-order valence-corrected chi connectivity index (χ1v) is 18.9. The SMILES string of the molecule is C=C(CCC(C)C1CC(O)C2C1(C)CCC1C3(C)CCC(O)C(O)C3C(O)CC12O)C(C)COC1OCC(OS(=O)(=O)O)C(OC)C1O. The molecule has 0 aromatic heterocycles. The van der Waals surface area contributed by atoms with Gasteiger partial charge in [0.05, 0.1) is 43.2 Å². The molecule has 278 valence electrons. The van der Waals surface area contributed by atoms with Crippen LogP contribution in [0.25, 0.3) is 0 Å². The highest BCUT2D eigenvalue weighted by Gasteiger charge is 2.71. The molecule has 0 amide bonds. The van der Waals surface area contributed by atoms with E-state index in [1.54, 1.807) is 0 Å². The fourth-order valence-corrected chi connectivity index (χ4v) is 11.6. The quantitative estimate of drug-likeness (QED) is 0.120. The molecule has 17 atom stereocenters. The molecule has 5 rings (SSSR count). The standard InChI is InChI=1S/C34H58O13S/c1-17(19(3)15-45-31-28(39)29(44-6)24(16-46-31)47-48(41,42)43)7-8-18(2)20-13-22(36)30-32(20,4)12-10-25-33(5)11-9-21(35)27(38)26(33)23(37)14-34(25,30)40/h18-31,35-40H,1,7-16H2,2-6H3,(H,41,42,43). The smallest absolute Gasteiger partial charge is 0.393 e. The Morgan fingerprint density at radius 1 is 1.00 bits per heavy atom. The van der Waals surface area contributed by atoms with Gasteiger partial charge in [0.25, 0.3) is 0 Å². The van der Waals surface area contributed by atoms with E-state index < -0.39 is 82.3 Å². The zero-order valence-electron chi connectivity index (χ0n) is 28.8. The summed E-state index contributed by atoms with van der Waals surface area (Å²) < 4.78 is 52.4. The lowest BCUT2D eigenvalue weighted by molar-refractivity contribution is -0.280. The summed E-state index contributed by atoms with van der Waals surface area (Å²) in [6.07, 6.45) is -3.73. The van der Waals surface area contributed by atoms with Crippen molar-refractivity contribution < 1.29 is 62.0 Å². The zero-order chi connectivity index (χ0) is 35.6. The first-order chi connectivity index (χ1) is 22.3. The zero-order valence-corrected chi connectivity index (χ0v) is 29.7. The molecule has 1 heterocycles. The summed E-state index contributed by atoms with van der Waals surface area (Å²) in [5.41, 5.74) is -1.24. The van der Waals surface area contributed by atoms with Crippen LogP contribution < -0.4 is 0 Å². The van der Waals surface area contributed by atoms with Crippen LogP contribution in [0.1, 0.15) is 79.1 Å². The van der Waals surface area contributed by atoms with Gasteiger partial charge in [-0.15, -0.1) is 0 Å². The van der Waals surface area contributed by atoms with Crippen LogP contribution in [-0.2, 0) is 28.8 Å². The van der Waals surface area contributed by atoms with E-state index in [1.807, 2.05) is 13.8 Å². The Morgan fingerprint density at radius 2 is 1.67 bits per heavy atom. The Bertz CT molecular complexity index is 1270. The molecular formula is C34H58O13S. The van der Waals surface area contributed by atoms with Gasteiger partial charge in [-0.05, 0) is 73.5 Å². The highest BCUT2D eigenvalue weighted by Crippen LogP contribution is 2.69. The molecule has 0 aromatic rings. The summed E-state index contributed by atoms with van der Waals surface area (Å²) in [6, 6.07) is 0. The molecule has 4 saturated carbocycles. The molecule has 0 spiro atoms. The third kappa shape index (κ3) is 6.79. The monoisotopic (exact) mass is 706 g/mol. The number of aliphatic hydroxyl groups excluding tert-OH is 5. The van der Waals surface area contributed by atoms with Crippen molar-refractivity contribution in [3.8, 4) is 0 Å². The maximum absolute atomic E-state index is 12.5. The van der Waals surface area contributed by atoms with E-state index in [0.29, 0.717) is 25.7 Å². The second kappa shape index (κ2) is 14.0. The lowest BCUT2D eigenvalue weighted by Gasteiger charge is -2.66. The molecule has 4 aliphatic carbocycles. The molecule has 13 nitrogen and oxygen atoms in total. The summed E-state index contributed by atoms with van der Waals surface area (Å²) in [5.74, 6) is -0.895. The number of fused-ring (bicyclic) bond motifs is 5. The van der Waals surface area contributed by atoms with Crippen LogP contribution in [0.4, 0.5) is 0 Å². The molecular weight excluding hydrogens is 648 g/mol. The molecule has 14 heteroatoms. The second-order valence-corrected chi connectivity index (χ2v) is 17.3. The third-order valence-electron chi connectivity index (χ3n) is 13.5. The van der Waals surface area contributed by atoms with Crippen LogP contribution in [0, 0.1) is 46.3 Å². The van der Waals surface area contributed by atoms with Gasteiger partial charge in [-0.25, -0.2) is 4.18 Å². The minimum Gasteiger partial charge on any atom is -0.393 e. The number of rotatable bonds is 11. The van der Waals surface area contributed by atoms with Crippen LogP contribution in [0.3, 0.4) is 0 Å². The Labute approximate surface area is 284 Å². The van der Waals surface area contributed by atoms with Gasteiger partial charge in [0.2, 0.25) is 0 Å². The van der Waals surface area contributed by atoms with Crippen LogP contribution in [0.15, 0.2) is 12.2 Å². The summed E-state index contributed by atoms with van der Waals surface area (Å²) in [5, 5.41) is 67.4. The summed E-state index contributed by atoms with van der Waals surface area (Å²) >= 11 is 0. The third-order valence-corrected chi connectivity index (χ3v) is 14.0. The molecule has 0 aromatic carbocycles. The van der Waals surface area contributed by atoms with Crippen molar-refractivity contribution in [2.24, 2.45) is 46.3 Å². The van der Waals surface area contributed by atoms with Crippen LogP contribution in [-0.4, -0.2) is 119 Å². The van der Waals surface area contributed by atoms with Gasteiger partial charge in [0, 0.05) is 31.3 Å². The molecule has 0 radical (unpaired) electrons. The van der Waals surface area contributed by atoms with E-state index in [0.717, 1.165) is 24.8 Å². The Morgan fingerprint density at radius 3 is 2.31 bits per heavy atom. The van der Waals surface area contributed by atoms with Gasteiger partial charge in [-0.1, -0.05) is 39.8 Å². The number of ether oxygens (including phenoxy) is 3. The molecule has 1 aliphatic heterocycles. The Kier molecular flexibility index (Phi) is 11.2. The fraction of sp³-hybridized carbons (Fsp3) is 0.941. The summed E-state index contributed by atoms with van der Waals surface area (Å²) in [6.45, 7) is 12.6. The van der Waals surface area contributed by atoms with E-state index in [1.165, 1.54) is 7.11 Å². The van der Waals surface area contributed by atoms with Crippen molar-refractivity contribution in [1.82, 2.24) is 0 Å². The molecule has 17 unspecified atom stereocenters. The molecule has 0 bridgehead atoms. The number of methoxy groups -OCH3 is 1. The van der Waals surface area contributed by atoms with Gasteiger partial charge >= 0.3 is 10.4 Å². The fourth-order valence-electron chi connectivity index (χ4n) is 11.2. The van der Waals surface area contributed by atoms with E-state index in [4.69, 9.17) is 18.8 Å². The first kappa shape index (κ1) is 38.5. The van der Waals surface area contributed by atoms with Crippen molar-refractivity contribution in [3.63, 3.8) is 0 Å². The molecule has 48 heavy (non-hydrogen) atoms. The van der Waals surface area contributed by atoms with Crippen molar-refractivity contribution in [2.45, 2.75) is 134 Å².